The summed E-state index contributed by atoms with van der Waals surface area (Å²) in [4.78, 5) is 14.1. The summed E-state index contributed by atoms with van der Waals surface area (Å²) in [5, 5.41) is 7.56. The zero-order chi connectivity index (χ0) is 17.9. The highest BCUT2D eigenvalue weighted by molar-refractivity contribution is 7.88. The molecule has 3 rings (SSSR count). The van der Waals surface area contributed by atoms with E-state index >= 15 is 0 Å². The molecule has 0 saturated carbocycles. The Kier molecular flexibility index (Phi) is 5.19. The maximum Gasteiger partial charge on any atom is 0.223 e. The number of rotatable bonds is 5. The first kappa shape index (κ1) is 17.6. The number of aromatic amines is 1. The number of amides is 1. The van der Waals surface area contributed by atoms with Crippen molar-refractivity contribution in [2.24, 2.45) is 0 Å². The van der Waals surface area contributed by atoms with Crippen LogP contribution in [-0.4, -0.2) is 55.3 Å². The number of carbonyl (C=O) groups is 1. The van der Waals surface area contributed by atoms with Crippen molar-refractivity contribution >= 4 is 15.9 Å². The Morgan fingerprint density at radius 1 is 1.24 bits per heavy atom. The van der Waals surface area contributed by atoms with Crippen LogP contribution in [0.25, 0.3) is 11.3 Å². The van der Waals surface area contributed by atoms with Gasteiger partial charge in [-0.2, -0.15) is 5.10 Å². The molecule has 2 heterocycles. The third-order valence-electron chi connectivity index (χ3n) is 4.32. The van der Waals surface area contributed by atoms with Gasteiger partial charge in [0.05, 0.1) is 11.9 Å². The van der Waals surface area contributed by atoms with E-state index in [0.29, 0.717) is 13.1 Å². The molecule has 8 heteroatoms. The van der Waals surface area contributed by atoms with Crippen molar-refractivity contribution in [2.45, 2.75) is 19.3 Å². The fraction of sp³-hybridized carbons (Fsp3) is 0.412. The van der Waals surface area contributed by atoms with Crippen LogP contribution in [0, 0.1) is 0 Å². The third kappa shape index (κ3) is 4.46. The molecule has 1 amide bonds. The first-order chi connectivity index (χ1) is 11.9. The Labute approximate surface area is 147 Å². The predicted octanol–water partition coefficient (Wildman–Crippen LogP) is 0.943. The molecule has 7 nitrogen and oxygen atoms in total. The monoisotopic (exact) mass is 362 g/mol. The molecule has 1 aliphatic rings. The second-order valence-corrected chi connectivity index (χ2v) is 8.03. The van der Waals surface area contributed by atoms with Crippen LogP contribution < -0.4 is 4.72 Å². The average Bonchev–Trinajstić information content (AvgIpc) is 2.86. The number of sulfonamides is 1. The summed E-state index contributed by atoms with van der Waals surface area (Å²) >= 11 is 0. The average molecular weight is 362 g/mol. The second kappa shape index (κ2) is 7.37. The van der Waals surface area contributed by atoms with Gasteiger partial charge in [-0.3, -0.25) is 9.89 Å². The number of hydrogen-bond acceptors (Lipinski definition) is 4. The highest BCUT2D eigenvalue weighted by Crippen LogP contribution is 2.26. The Balaban J connectivity index is 1.65. The van der Waals surface area contributed by atoms with Crippen molar-refractivity contribution in [1.29, 1.82) is 0 Å². The van der Waals surface area contributed by atoms with Gasteiger partial charge in [0.1, 0.15) is 0 Å². The molecule has 25 heavy (non-hydrogen) atoms. The smallest absolute Gasteiger partial charge is 0.223 e. The standard InChI is InChI=1S/C17H22N4O3S/c1-25(23,24)18-10-7-16(22)21-11-8-14-15(9-12-21)19-20-17(14)13-5-3-2-4-6-13/h2-6,18H,7-12H2,1H3,(H,19,20). The molecule has 0 atom stereocenters. The minimum atomic E-state index is -3.26. The minimum absolute atomic E-state index is 0.0319. The van der Waals surface area contributed by atoms with Gasteiger partial charge in [0.25, 0.3) is 0 Å². The number of benzene rings is 1. The van der Waals surface area contributed by atoms with Gasteiger partial charge < -0.3 is 4.90 Å². The normalized spacial score (nSPS) is 14.8. The molecule has 1 aromatic carbocycles. The number of H-pyrrole nitrogens is 1. The van der Waals surface area contributed by atoms with E-state index in [1.165, 1.54) is 0 Å². The zero-order valence-electron chi connectivity index (χ0n) is 14.2. The van der Waals surface area contributed by atoms with E-state index in [2.05, 4.69) is 14.9 Å². The van der Waals surface area contributed by atoms with Crippen LogP contribution in [0.3, 0.4) is 0 Å². The van der Waals surface area contributed by atoms with Crippen molar-refractivity contribution in [3.8, 4) is 11.3 Å². The lowest BCUT2D eigenvalue weighted by Crippen LogP contribution is -2.36. The van der Waals surface area contributed by atoms with Gasteiger partial charge in [-0.05, 0) is 6.42 Å². The number of fused-ring (bicyclic) bond motifs is 1. The summed E-state index contributed by atoms with van der Waals surface area (Å²) < 4.78 is 24.5. The quantitative estimate of drug-likeness (QED) is 0.828. The van der Waals surface area contributed by atoms with Crippen molar-refractivity contribution in [1.82, 2.24) is 19.8 Å². The Bertz CT molecular complexity index is 846. The molecule has 0 saturated heterocycles. The summed E-state index contributed by atoms with van der Waals surface area (Å²) in [5.74, 6) is -0.0319. The molecule has 0 spiro atoms. The fourth-order valence-electron chi connectivity index (χ4n) is 3.07. The van der Waals surface area contributed by atoms with E-state index in [9.17, 15) is 13.2 Å². The van der Waals surface area contributed by atoms with E-state index in [4.69, 9.17) is 0 Å². The van der Waals surface area contributed by atoms with E-state index < -0.39 is 10.0 Å². The summed E-state index contributed by atoms with van der Waals surface area (Å²) in [6.45, 7) is 1.36. The highest BCUT2D eigenvalue weighted by Gasteiger charge is 2.22. The zero-order valence-corrected chi connectivity index (χ0v) is 15.0. The molecule has 2 aromatic rings. The molecule has 0 unspecified atom stereocenters. The van der Waals surface area contributed by atoms with Gasteiger partial charge in [0, 0.05) is 49.3 Å². The van der Waals surface area contributed by atoms with E-state index in [0.717, 1.165) is 41.6 Å². The number of nitrogens with zero attached hydrogens (tertiary/aromatic N) is 2. The number of carbonyl (C=O) groups excluding carboxylic acids is 1. The Hall–Kier alpha value is -2.19. The van der Waals surface area contributed by atoms with Crippen LogP contribution >= 0.6 is 0 Å². The molecular formula is C17H22N4O3S. The predicted molar refractivity (Wildman–Crippen MR) is 95.5 cm³/mol. The van der Waals surface area contributed by atoms with E-state index in [-0.39, 0.29) is 18.9 Å². The van der Waals surface area contributed by atoms with Crippen LogP contribution in [0.5, 0.6) is 0 Å². The fourth-order valence-corrected chi connectivity index (χ4v) is 3.54. The van der Waals surface area contributed by atoms with Gasteiger partial charge >= 0.3 is 0 Å². The first-order valence-electron chi connectivity index (χ1n) is 8.28. The lowest BCUT2D eigenvalue weighted by Gasteiger charge is -2.20. The molecule has 1 aliphatic heterocycles. The van der Waals surface area contributed by atoms with Crippen LogP contribution in [0.15, 0.2) is 30.3 Å². The number of hydrogen-bond donors (Lipinski definition) is 2. The topological polar surface area (TPSA) is 95.2 Å². The summed E-state index contributed by atoms with van der Waals surface area (Å²) in [7, 11) is -3.26. The number of aromatic nitrogens is 2. The van der Waals surface area contributed by atoms with Crippen LogP contribution in [0.1, 0.15) is 17.7 Å². The molecule has 134 valence electrons. The Morgan fingerprint density at radius 2 is 1.96 bits per heavy atom. The van der Waals surface area contributed by atoms with Crippen LogP contribution in [0.4, 0.5) is 0 Å². The van der Waals surface area contributed by atoms with Crippen LogP contribution in [0.2, 0.25) is 0 Å². The van der Waals surface area contributed by atoms with Gasteiger partial charge in [0.2, 0.25) is 15.9 Å². The maximum atomic E-state index is 12.3. The van der Waals surface area contributed by atoms with Gasteiger partial charge in [-0.1, -0.05) is 30.3 Å². The Morgan fingerprint density at radius 3 is 2.68 bits per heavy atom. The van der Waals surface area contributed by atoms with Crippen molar-refractivity contribution < 1.29 is 13.2 Å². The summed E-state index contributed by atoms with van der Waals surface area (Å²) in [6.07, 6.45) is 2.72. The highest BCUT2D eigenvalue weighted by atomic mass is 32.2. The molecule has 0 bridgehead atoms. The minimum Gasteiger partial charge on any atom is -0.342 e. The third-order valence-corrected chi connectivity index (χ3v) is 5.05. The van der Waals surface area contributed by atoms with Gasteiger partial charge in [-0.15, -0.1) is 0 Å². The second-order valence-electron chi connectivity index (χ2n) is 6.19. The molecule has 0 aliphatic carbocycles. The first-order valence-corrected chi connectivity index (χ1v) is 10.2. The molecule has 1 aromatic heterocycles. The molecule has 0 fully saturated rings. The SMILES string of the molecule is CS(=O)(=O)NCCC(=O)N1CCc2[nH]nc(-c3ccccc3)c2CC1. The summed E-state index contributed by atoms with van der Waals surface area (Å²) in [5.41, 5.74) is 4.25. The van der Waals surface area contributed by atoms with Crippen molar-refractivity contribution in [3.63, 3.8) is 0 Å². The molecular weight excluding hydrogens is 340 g/mol. The van der Waals surface area contributed by atoms with Gasteiger partial charge in [-0.25, -0.2) is 13.1 Å². The van der Waals surface area contributed by atoms with Crippen molar-refractivity contribution in [2.75, 3.05) is 25.9 Å². The van der Waals surface area contributed by atoms with E-state index in [1.807, 2.05) is 30.3 Å². The van der Waals surface area contributed by atoms with Gasteiger partial charge in [0.15, 0.2) is 0 Å². The lowest BCUT2D eigenvalue weighted by atomic mass is 10.0. The molecule has 2 N–H and O–H groups in total. The largest absolute Gasteiger partial charge is 0.342 e. The summed E-state index contributed by atoms with van der Waals surface area (Å²) in [6, 6.07) is 10.00. The number of nitrogens with one attached hydrogen (secondary N) is 2. The maximum absolute atomic E-state index is 12.3. The van der Waals surface area contributed by atoms with Crippen LogP contribution in [-0.2, 0) is 27.7 Å². The molecule has 0 radical (unpaired) electrons. The van der Waals surface area contributed by atoms with Crippen molar-refractivity contribution in [3.05, 3.63) is 41.6 Å². The van der Waals surface area contributed by atoms with E-state index in [1.54, 1.807) is 4.90 Å². The lowest BCUT2D eigenvalue weighted by molar-refractivity contribution is -0.130.